The van der Waals surface area contributed by atoms with Crippen molar-refractivity contribution in [2.45, 2.75) is 72.1 Å². The van der Waals surface area contributed by atoms with Gasteiger partial charge in [-0.15, -0.1) is 0 Å². The van der Waals surface area contributed by atoms with E-state index in [0.29, 0.717) is 24.3 Å². The first-order valence-corrected chi connectivity index (χ1v) is 11.9. The number of anilines is 2. The zero-order chi connectivity index (χ0) is 26.6. The van der Waals surface area contributed by atoms with Crippen LogP contribution in [0, 0.1) is 6.92 Å². The number of carbonyl (C=O) groups excluding carboxylic acids is 2. The fraction of sp³-hybridized carbons (Fsp3) is 0.500. The molecule has 2 heterocycles. The first kappa shape index (κ1) is 27.2. The van der Waals surface area contributed by atoms with E-state index in [1.54, 1.807) is 38.7 Å². The lowest BCUT2D eigenvalue weighted by molar-refractivity contribution is -0.0524. The van der Waals surface area contributed by atoms with Gasteiger partial charge in [0.2, 0.25) is 5.88 Å². The van der Waals surface area contributed by atoms with E-state index in [4.69, 9.17) is 4.74 Å². The number of ether oxygens (including phenoxy) is 2. The van der Waals surface area contributed by atoms with E-state index in [0.717, 1.165) is 5.56 Å². The van der Waals surface area contributed by atoms with Gasteiger partial charge in [-0.25, -0.2) is 14.6 Å². The molecule has 196 valence electrons. The van der Waals surface area contributed by atoms with Crippen molar-refractivity contribution >= 4 is 23.5 Å². The molecule has 1 aliphatic rings. The number of urea groups is 1. The van der Waals surface area contributed by atoms with E-state index in [9.17, 15) is 18.4 Å². The molecule has 2 aromatic rings. The fourth-order valence-corrected chi connectivity index (χ4v) is 3.90. The number of hydrogen-bond acceptors (Lipinski definition) is 5. The highest BCUT2D eigenvalue weighted by atomic mass is 19.3. The van der Waals surface area contributed by atoms with Gasteiger partial charge >= 0.3 is 18.7 Å². The molecule has 1 unspecified atom stereocenters. The molecule has 10 heteroatoms. The van der Waals surface area contributed by atoms with Gasteiger partial charge in [-0.2, -0.15) is 8.78 Å². The Balaban J connectivity index is 1.91. The van der Waals surface area contributed by atoms with Gasteiger partial charge in [-0.1, -0.05) is 32.0 Å². The van der Waals surface area contributed by atoms with Crippen LogP contribution in [-0.4, -0.2) is 53.4 Å². The van der Waals surface area contributed by atoms with Crippen LogP contribution in [0.2, 0.25) is 0 Å². The molecule has 0 bridgehead atoms. The molecule has 1 fully saturated rings. The summed E-state index contributed by atoms with van der Waals surface area (Å²) in [6.07, 6.45) is 0.255. The average molecular weight is 505 g/mol. The first-order valence-electron chi connectivity index (χ1n) is 11.9. The van der Waals surface area contributed by atoms with Crippen LogP contribution in [-0.2, 0) is 4.74 Å². The molecule has 0 saturated carbocycles. The Labute approximate surface area is 210 Å². The van der Waals surface area contributed by atoms with Crippen molar-refractivity contribution in [3.63, 3.8) is 0 Å². The number of rotatable bonds is 7. The summed E-state index contributed by atoms with van der Waals surface area (Å²) >= 11 is 0. The lowest BCUT2D eigenvalue weighted by Gasteiger charge is -2.43. The van der Waals surface area contributed by atoms with Crippen LogP contribution >= 0.6 is 0 Å². The third-order valence-electron chi connectivity index (χ3n) is 5.70. The number of hydrogen-bond donors (Lipinski definition) is 1. The fourth-order valence-electron chi connectivity index (χ4n) is 3.90. The maximum atomic E-state index is 13.6. The Morgan fingerprint density at radius 1 is 1.19 bits per heavy atom. The summed E-state index contributed by atoms with van der Waals surface area (Å²) in [6, 6.07) is 9.73. The van der Waals surface area contributed by atoms with Gasteiger partial charge in [0.1, 0.15) is 11.3 Å². The van der Waals surface area contributed by atoms with Crippen LogP contribution in [0.3, 0.4) is 0 Å². The average Bonchev–Trinajstić information content (AvgIpc) is 2.73. The number of nitrogens with zero attached hydrogens (tertiary/aromatic N) is 3. The SMILES string of the molecule is Cc1ccc(NC(=O)N(CC2CCN2C(=O)OC(C)(C)C)c2ccccc2C(C)C)c(OC(F)F)n1. The monoisotopic (exact) mass is 504 g/mol. The zero-order valence-electron chi connectivity index (χ0n) is 21.5. The van der Waals surface area contributed by atoms with Crippen LogP contribution in [0.15, 0.2) is 36.4 Å². The van der Waals surface area contributed by atoms with Crippen molar-refractivity contribution in [1.29, 1.82) is 0 Å². The number of aromatic nitrogens is 1. The summed E-state index contributed by atoms with van der Waals surface area (Å²) in [7, 11) is 0. The Morgan fingerprint density at radius 3 is 2.47 bits per heavy atom. The van der Waals surface area contributed by atoms with Gasteiger partial charge in [0.25, 0.3) is 0 Å². The van der Waals surface area contributed by atoms with E-state index in [2.05, 4.69) is 15.0 Å². The van der Waals surface area contributed by atoms with Gasteiger partial charge in [-0.3, -0.25) is 4.90 Å². The summed E-state index contributed by atoms with van der Waals surface area (Å²) in [5.41, 5.74) is 1.45. The minimum absolute atomic E-state index is 0.0236. The Bertz CT molecular complexity index is 1090. The Hall–Kier alpha value is -3.43. The number of amides is 3. The highest BCUT2D eigenvalue weighted by Crippen LogP contribution is 2.32. The van der Waals surface area contributed by atoms with E-state index < -0.39 is 24.3 Å². The van der Waals surface area contributed by atoms with Crippen molar-refractivity contribution in [3.8, 4) is 5.88 Å². The molecule has 1 aromatic carbocycles. The predicted molar refractivity (Wildman–Crippen MR) is 134 cm³/mol. The molecule has 1 aromatic heterocycles. The topological polar surface area (TPSA) is 84.0 Å². The van der Waals surface area contributed by atoms with Crippen LogP contribution in [0.1, 0.15) is 58.2 Å². The number of nitrogens with one attached hydrogen (secondary N) is 1. The highest BCUT2D eigenvalue weighted by molar-refractivity contribution is 6.03. The van der Waals surface area contributed by atoms with Crippen LogP contribution in [0.4, 0.5) is 29.7 Å². The quantitative estimate of drug-likeness (QED) is 0.488. The Kier molecular flexibility index (Phi) is 8.37. The standard InChI is InChI=1S/C26H34F2N4O4/c1-16(2)19-9-7-8-10-21(19)32(15-18-13-14-31(18)25(34)36-26(4,5)6)24(33)30-20-12-11-17(3)29-22(20)35-23(27)28/h7-12,16,18,23H,13-15H2,1-6H3,(H,30,33). The predicted octanol–water partition coefficient (Wildman–Crippen LogP) is 6.16. The largest absolute Gasteiger partial charge is 0.444 e. The smallest absolute Gasteiger partial charge is 0.410 e. The van der Waals surface area contributed by atoms with Crippen molar-refractivity contribution in [2.75, 3.05) is 23.3 Å². The van der Waals surface area contributed by atoms with Gasteiger partial charge in [0.05, 0.1) is 6.04 Å². The van der Waals surface area contributed by atoms with Gasteiger partial charge in [0.15, 0.2) is 0 Å². The van der Waals surface area contributed by atoms with Crippen LogP contribution < -0.4 is 15.0 Å². The number of pyridine rings is 1. The van der Waals surface area contributed by atoms with E-state index in [1.165, 1.54) is 11.0 Å². The summed E-state index contributed by atoms with van der Waals surface area (Å²) < 4.78 is 36.0. The molecule has 1 saturated heterocycles. The number of benzene rings is 1. The molecular formula is C26H34F2N4O4. The number of likely N-dealkylation sites (tertiary alicyclic amines) is 1. The van der Waals surface area contributed by atoms with Crippen molar-refractivity contribution < 1.29 is 27.8 Å². The van der Waals surface area contributed by atoms with Crippen molar-refractivity contribution in [1.82, 2.24) is 9.88 Å². The second kappa shape index (κ2) is 11.1. The van der Waals surface area contributed by atoms with E-state index >= 15 is 0 Å². The number of para-hydroxylation sites is 1. The van der Waals surface area contributed by atoms with Crippen molar-refractivity contribution in [2.24, 2.45) is 0 Å². The molecule has 1 aliphatic heterocycles. The van der Waals surface area contributed by atoms with E-state index in [1.807, 2.05) is 38.1 Å². The van der Waals surface area contributed by atoms with Gasteiger partial charge in [0, 0.05) is 24.5 Å². The van der Waals surface area contributed by atoms with Gasteiger partial charge in [-0.05, 0) is 63.8 Å². The zero-order valence-corrected chi connectivity index (χ0v) is 21.5. The molecule has 3 rings (SSSR count). The second-order valence-electron chi connectivity index (χ2n) is 10.1. The molecule has 36 heavy (non-hydrogen) atoms. The minimum atomic E-state index is -3.09. The molecule has 8 nitrogen and oxygen atoms in total. The number of carbonyl (C=O) groups is 2. The number of aryl methyl sites for hydroxylation is 1. The van der Waals surface area contributed by atoms with E-state index in [-0.39, 0.29) is 30.1 Å². The number of alkyl halides is 2. The highest BCUT2D eigenvalue weighted by Gasteiger charge is 2.38. The summed E-state index contributed by atoms with van der Waals surface area (Å²) in [5, 5.41) is 2.68. The first-order chi connectivity index (χ1) is 16.9. The minimum Gasteiger partial charge on any atom is -0.444 e. The Morgan fingerprint density at radius 2 is 1.89 bits per heavy atom. The molecule has 0 spiro atoms. The lowest BCUT2D eigenvalue weighted by atomic mass is 9.98. The molecule has 1 N–H and O–H groups in total. The van der Waals surface area contributed by atoms with Crippen LogP contribution in [0.25, 0.3) is 0 Å². The molecule has 0 radical (unpaired) electrons. The maximum Gasteiger partial charge on any atom is 0.410 e. The molecule has 1 atom stereocenters. The molecule has 3 amide bonds. The second-order valence-corrected chi connectivity index (χ2v) is 10.1. The summed E-state index contributed by atoms with van der Waals surface area (Å²) in [5.74, 6) is -0.256. The maximum absolute atomic E-state index is 13.6. The summed E-state index contributed by atoms with van der Waals surface area (Å²) in [4.78, 5) is 33.4. The third kappa shape index (κ3) is 6.83. The van der Waals surface area contributed by atoms with Gasteiger partial charge < -0.3 is 19.7 Å². The molecular weight excluding hydrogens is 470 g/mol. The molecule has 0 aliphatic carbocycles. The number of halogens is 2. The third-order valence-corrected chi connectivity index (χ3v) is 5.70. The lowest BCUT2D eigenvalue weighted by Crippen LogP contribution is -2.58. The van der Waals surface area contributed by atoms with Crippen molar-refractivity contribution in [3.05, 3.63) is 47.7 Å². The van der Waals surface area contributed by atoms with Crippen LogP contribution in [0.5, 0.6) is 5.88 Å². The summed E-state index contributed by atoms with van der Waals surface area (Å²) in [6.45, 7) is 8.69. The normalized spacial score (nSPS) is 15.5.